The van der Waals surface area contributed by atoms with Crippen LogP contribution in [0.1, 0.15) is 11.9 Å². The summed E-state index contributed by atoms with van der Waals surface area (Å²) in [5.41, 5.74) is 1.31. The quantitative estimate of drug-likeness (QED) is 0.623. The summed E-state index contributed by atoms with van der Waals surface area (Å²) in [5, 5.41) is 11.8. The van der Waals surface area contributed by atoms with Crippen LogP contribution in [0.25, 0.3) is 0 Å². The van der Waals surface area contributed by atoms with E-state index >= 15 is 0 Å². The van der Waals surface area contributed by atoms with Crippen LogP contribution < -0.4 is 10.8 Å². The van der Waals surface area contributed by atoms with Crippen LogP contribution in [0.3, 0.4) is 0 Å². The molecule has 0 spiro atoms. The third-order valence-corrected chi connectivity index (χ3v) is 2.19. The summed E-state index contributed by atoms with van der Waals surface area (Å²) in [5.74, 6) is 0. The zero-order valence-electron chi connectivity index (χ0n) is 8.14. The fraction of sp³-hybridized carbons (Fsp3) is 0.222. The van der Waals surface area contributed by atoms with E-state index in [1.54, 1.807) is 24.3 Å². The molecule has 1 unspecified atom stereocenters. The molecule has 78 valence electrons. The molecule has 1 atom stereocenters. The zero-order chi connectivity index (χ0) is 10.8. The van der Waals surface area contributed by atoms with Gasteiger partial charge in [0, 0.05) is 12.6 Å². The van der Waals surface area contributed by atoms with Crippen LogP contribution in [0, 0.1) is 0 Å². The lowest BCUT2D eigenvalue weighted by Gasteiger charge is -2.12. The Morgan fingerprint density at radius 2 is 2.33 bits per heavy atom. The predicted octanol–water partition coefficient (Wildman–Crippen LogP) is -0.241. The van der Waals surface area contributed by atoms with Gasteiger partial charge in [-0.05, 0) is 5.46 Å². The van der Waals surface area contributed by atoms with Gasteiger partial charge >= 0.3 is 13.2 Å². The van der Waals surface area contributed by atoms with E-state index < -0.39 is 19.5 Å². The lowest BCUT2D eigenvalue weighted by Crippen LogP contribution is -2.27. The minimum atomic E-state index is -1.03. The molecular weight excluding hydrogens is 197 g/mol. The number of hydrogen-bond acceptors (Lipinski definition) is 4. The number of ether oxygens (including phenoxy) is 1. The van der Waals surface area contributed by atoms with Crippen molar-refractivity contribution in [2.75, 3.05) is 7.05 Å². The van der Waals surface area contributed by atoms with Crippen molar-refractivity contribution < 1.29 is 19.2 Å². The van der Waals surface area contributed by atoms with Crippen LogP contribution in [0.2, 0.25) is 0 Å². The molecule has 15 heavy (non-hydrogen) atoms. The number of hydrogen-bond donors (Lipinski definition) is 2. The minimum Gasteiger partial charge on any atom is -0.423 e. The van der Waals surface area contributed by atoms with Gasteiger partial charge in [-0.2, -0.15) is 0 Å². The van der Waals surface area contributed by atoms with Crippen molar-refractivity contribution in [3.63, 3.8) is 0 Å². The summed E-state index contributed by atoms with van der Waals surface area (Å²) >= 11 is 0. The van der Waals surface area contributed by atoms with E-state index in [9.17, 15) is 9.82 Å². The summed E-state index contributed by atoms with van der Waals surface area (Å²) in [6, 6.07) is 7.06. The standard InChI is InChI=1S/C9H10BNO4/c1-11-9(12)14-8-6-4-2-3-5-7(6)10(13)15-8/h2-5,8,13H,1H3,(H,11,12). The molecule has 1 aliphatic heterocycles. The molecule has 0 aliphatic carbocycles. The third kappa shape index (κ3) is 1.81. The average Bonchev–Trinajstić information content (AvgIpc) is 2.57. The highest BCUT2D eigenvalue weighted by molar-refractivity contribution is 6.61. The lowest BCUT2D eigenvalue weighted by molar-refractivity contribution is -0.0358. The van der Waals surface area contributed by atoms with E-state index in [0.717, 1.165) is 0 Å². The Balaban J connectivity index is 2.21. The molecule has 1 aliphatic rings. The number of fused-ring (bicyclic) bond motifs is 1. The Bertz CT molecular complexity index is 384. The van der Waals surface area contributed by atoms with Crippen molar-refractivity contribution in [3.05, 3.63) is 29.8 Å². The van der Waals surface area contributed by atoms with Crippen LogP contribution in [0.15, 0.2) is 24.3 Å². The summed E-state index contributed by atoms with van der Waals surface area (Å²) in [6.07, 6.45) is -1.43. The summed E-state index contributed by atoms with van der Waals surface area (Å²) < 4.78 is 10.0. The SMILES string of the molecule is CNC(=O)OC1OB(O)c2ccccc21. The highest BCUT2D eigenvalue weighted by Crippen LogP contribution is 2.24. The summed E-state index contributed by atoms with van der Waals surface area (Å²) in [4.78, 5) is 11.0. The van der Waals surface area contributed by atoms with E-state index in [4.69, 9.17) is 9.39 Å². The van der Waals surface area contributed by atoms with Crippen molar-refractivity contribution in [3.8, 4) is 0 Å². The fourth-order valence-electron chi connectivity index (χ4n) is 1.46. The van der Waals surface area contributed by atoms with Gasteiger partial charge in [0.1, 0.15) is 0 Å². The van der Waals surface area contributed by atoms with Crippen LogP contribution in [-0.4, -0.2) is 25.3 Å². The smallest absolute Gasteiger partial charge is 0.423 e. The van der Waals surface area contributed by atoms with Gasteiger partial charge in [0.15, 0.2) is 0 Å². The topological polar surface area (TPSA) is 67.8 Å². The van der Waals surface area contributed by atoms with Gasteiger partial charge in [0.25, 0.3) is 0 Å². The van der Waals surface area contributed by atoms with Gasteiger partial charge < -0.3 is 19.7 Å². The van der Waals surface area contributed by atoms with Crippen LogP contribution in [0.4, 0.5) is 4.79 Å². The largest absolute Gasteiger partial charge is 0.494 e. The Hall–Kier alpha value is -1.53. The number of carbonyl (C=O) groups is 1. The Labute approximate surface area is 87.1 Å². The zero-order valence-corrected chi connectivity index (χ0v) is 8.14. The second-order valence-corrected chi connectivity index (χ2v) is 3.10. The van der Waals surface area contributed by atoms with Crippen LogP contribution >= 0.6 is 0 Å². The molecule has 1 heterocycles. The maximum atomic E-state index is 11.0. The van der Waals surface area contributed by atoms with E-state index in [0.29, 0.717) is 11.0 Å². The average molecular weight is 207 g/mol. The first-order chi connectivity index (χ1) is 7.22. The number of rotatable bonds is 1. The minimum absolute atomic E-state index is 0.594. The van der Waals surface area contributed by atoms with Gasteiger partial charge in [0.2, 0.25) is 6.29 Å². The molecule has 0 aromatic heterocycles. The van der Waals surface area contributed by atoms with Crippen LogP contribution in [0.5, 0.6) is 0 Å². The number of amides is 1. The highest BCUT2D eigenvalue weighted by Gasteiger charge is 2.36. The predicted molar refractivity (Wildman–Crippen MR) is 53.4 cm³/mol. The van der Waals surface area contributed by atoms with Gasteiger partial charge in [-0.25, -0.2) is 4.79 Å². The second kappa shape index (κ2) is 3.92. The Morgan fingerprint density at radius 3 is 3.07 bits per heavy atom. The van der Waals surface area contributed by atoms with Crippen molar-refractivity contribution >= 4 is 18.7 Å². The van der Waals surface area contributed by atoms with E-state index in [2.05, 4.69) is 5.32 Å². The number of carbonyl (C=O) groups excluding carboxylic acids is 1. The van der Waals surface area contributed by atoms with Crippen LogP contribution in [-0.2, 0) is 9.39 Å². The van der Waals surface area contributed by atoms with Gasteiger partial charge in [0.05, 0.1) is 0 Å². The molecule has 6 heteroatoms. The molecule has 1 aromatic rings. The molecule has 5 nitrogen and oxygen atoms in total. The van der Waals surface area contributed by atoms with Gasteiger partial charge in [-0.15, -0.1) is 0 Å². The number of nitrogens with one attached hydrogen (secondary N) is 1. The molecule has 2 N–H and O–H groups in total. The molecule has 2 rings (SSSR count). The maximum Gasteiger partial charge on any atom is 0.494 e. The normalized spacial score (nSPS) is 18.5. The first-order valence-electron chi connectivity index (χ1n) is 4.53. The van der Waals surface area contributed by atoms with E-state index in [-0.39, 0.29) is 0 Å². The van der Waals surface area contributed by atoms with Gasteiger partial charge in [-0.1, -0.05) is 24.3 Å². The molecule has 0 radical (unpaired) electrons. The molecule has 0 saturated heterocycles. The Kier molecular flexibility index (Phi) is 2.61. The number of alkyl carbamates (subject to hydrolysis) is 1. The monoisotopic (exact) mass is 207 g/mol. The van der Waals surface area contributed by atoms with Crippen molar-refractivity contribution in [1.82, 2.24) is 5.32 Å². The lowest BCUT2D eigenvalue weighted by atomic mass is 9.80. The van der Waals surface area contributed by atoms with E-state index in [1.807, 2.05) is 0 Å². The van der Waals surface area contributed by atoms with Crippen molar-refractivity contribution in [2.24, 2.45) is 0 Å². The number of benzene rings is 1. The molecule has 0 bridgehead atoms. The summed E-state index contributed by atoms with van der Waals surface area (Å²) in [6.45, 7) is 0. The fourth-order valence-corrected chi connectivity index (χ4v) is 1.46. The first-order valence-corrected chi connectivity index (χ1v) is 4.53. The molecule has 0 saturated carbocycles. The maximum absolute atomic E-state index is 11.0. The Morgan fingerprint density at radius 1 is 1.60 bits per heavy atom. The molecule has 1 aromatic carbocycles. The highest BCUT2D eigenvalue weighted by atomic mass is 16.7. The van der Waals surface area contributed by atoms with Crippen molar-refractivity contribution in [2.45, 2.75) is 6.29 Å². The molecule has 1 amide bonds. The second-order valence-electron chi connectivity index (χ2n) is 3.10. The first kappa shape index (κ1) is 10.0. The molecular formula is C9H10BNO4. The van der Waals surface area contributed by atoms with E-state index in [1.165, 1.54) is 7.05 Å². The third-order valence-electron chi connectivity index (χ3n) is 2.19. The van der Waals surface area contributed by atoms with Gasteiger partial charge in [-0.3, -0.25) is 0 Å². The van der Waals surface area contributed by atoms with Crippen molar-refractivity contribution in [1.29, 1.82) is 0 Å². The molecule has 0 fully saturated rings. The summed E-state index contributed by atoms with van der Waals surface area (Å²) in [7, 11) is 0.426.